The van der Waals surface area contributed by atoms with Gasteiger partial charge in [0.25, 0.3) is 0 Å². The topological polar surface area (TPSA) is 44.8 Å². The first-order valence-electron chi connectivity index (χ1n) is 5.53. The van der Waals surface area contributed by atoms with Gasteiger partial charge in [-0.15, -0.1) is 0 Å². The third-order valence-electron chi connectivity index (χ3n) is 3.17. The van der Waals surface area contributed by atoms with E-state index in [0.717, 1.165) is 0 Å². The maximum atomic E-state index is 11.4. The predicted octanol–water partition coefficient (Wildman–Crippen LogP) is 1.83. The van der Waals surface area contributed by atoms with E-state index in [1.807, 2.05) is 20.8 Å². The van der Waals surface area contributed by atoms with Crippen LogP contribution in [-0.2, 0) is 19.3 Å². The van der Waals surface area contributed by atoms with Crippen molar-refractivity contribution in [2.45, 2.75) is 58.0 Å². The lowest BCUT2D eigenvalue weighted by atomic mass is 9.82. The fraction of sp³-hybridized carbons (Fsp3) is 0.909. The van der Waals surface area contributed by atoms with Crippen LogP contribution in [0.3, 0.4) is 0 Å². The van der Waals surface area contributed by atoms with Crippen LogP contribution in [-0.4, -0.2) is 23.8 Å². The Kier molecular flexibility index (Phi) is 2.83. The summed E-state index contributed by atoms with van der Waals surface area (Å²) >= 11 is 0. The molecule has 1 aliphatic carbocycles. The molecule has 2 fully saturated rings. The summed E-state index contributed by atoms with van der Waals surface area (Å²) < 4.78 is 5.76. The molecule has 0 bridgehead atoms. The molecule has 1 heterocycles. The van der Waals surface area contributed by atoms with Gasteiger partial charge in [0, 0.05) is 18.8 Å². The van der Waals surface area contributed by atoms with Crippen LogP contribution >= 0.6 is 0 Å². The van der Waals surface area contributed by atoms with E-state index in [-0.39, 0.29) is 24.1 Å². The fourth-order valence-electron chi connectivity index (χ4n) is 1.97. The summed E-state index contributed by atoms with van der Waals surface area (Å²) in [6.07, 6.45) is 1.19. The molecule has 0 aromatic rings. The van der Waals surface area contributed by atoms with E-state index < -0.39 is 5.60 Å². The minimum absolute atomic E-state index is 0.153. The zero-order chi connectivity index (χ0) is 11.1. The maximum absolute atomic E-state index is 11.4. The van der Waals surface area contributed by atoms with Crippen LogP contribution in [0.15, 0.2) is 0 Å². The van der Waals surface area contributed by atoms with Gasteiger partial charge in [-0.1, -0.05) is 13.8 Å². The second-order valence-corrected chi connectivity index (χ2v) is 4.97. The summed E-state index contributed by atoms with van der Waals surface area (Å²) in [7, 11) is 0. The number of ketones is 1. The number of rotatable bonds is 1. The van der Waals surface area contributed by atoms with E-state index in [9.17, 15) is 4.79 Å². The Morgan fingerprint density at radius 1 is 1.47 bits per heavy atom. The highest BCUT2D eigenvalue weighted by atomic mass is 17.2. The largest absolute Gasteiger partial charge is 0.343 e. The smallest absolute Gasteiger partial charge is 0.193 e. The molecule has 0 aromatic heterocycles. The Labute approximate surface area is 89.8 Å². The van der Waals surface area contributed by atoms with E-state index in [0.29, 0.717) is 19.3 Å². The molecule has 3 atom stereocenters. The van der Waals surface area contributed by atoms with Crippen LogP contribution in [0.25, 0.3) is 0 Å². The maximum Gasteiger partial charge on any atom is 0.193 e. The van der Waals surface area contributed by atoms with E-state index in [1.165, 1.54) is 0 Å². The minimum atomic E-state index is -0.445. The molecule has 4 nitrogen and oxygen atoms in total. The lowest BCUT2D eigenvalue weighted by Crippen LogP contribution is -2.55. The zero-order valence-electron chi connectivity index (χ0n) is 9.49. The molecule has 0 N–H and O–H groups in total. The van der Waals surface area contributed by atoms with Gasteiger partial charge in [0.1, 0.15) is 11.4 Å². The average molecular weight is 214 g/mol. The van der Waals surface area contributed by atoms with Gasteiger partial charge in [-0.3, -0.25) is 4.79 Å². The molecule has 0 unspecified atom stereocenters. The standard InChI is InChI=1S/C11H18O4/c1-7(2)10-13-9-6-8(12)4-5-11(9,3)15-14-10/h7,9-10H,4-6H2,1-3H3/t9-,10-,11+/m0/s1. The molecule has 0 amide bonds. The van der Waals surface area contributed by atoms with Crippen LogP contribution in [0.5, 0.6) is 0 Å². The lowest BCUT2D eigenvalue weighted by Gasteiger charge is -2.45. The van der Waals surface area contributed by atoms with Crippen molar-refractivity contribution < 1.29 is 19.3 Å². The molecular formula is C11H18O4. The summed E-state index contributed by atoms with van der Waals surface area (Å²) in [5, 5.41) is 0. The quantitative estimate of drug-likeness (QED) is 0.625. The SMILES string of the molecule is CC(C)[C@@H]1OO[C@]2(C)CCC(=O)C[C@@H]2O1. The Bertz CT molecular complexity index is 263. The second-order valence-electron chi connectivity index (χ2n) is 4.97. The molecule has 1 saturated carbocycles. The Balaban J connectivity index is 2.07. The summed E-state index contributed by atoms with van der Waals surface area (Å²) in [5.41, 5.74) is -0.445. The Hall–Kier alpha value is -0.450. The van der Waals surface area contributed by atoms with Gasteiger partial charge in [0.15, 0.2) is 6.29 Å². The molecule has 0 spiro atoms. The highest BCUT2D eigenvalue weighted by molar-refractivity contribution is 5.80. The van der Waals surface area contributed by atoms with Crippen LogP contribution in [0.4, 0.5) is 0 Å². The van der Waals surface area contributed by atoms with Gasteiger partial charge >= 0.3 is 0 Å². The van der Waals surface area contributed by atoms with Gasteiger partial charge < -0.3 is 4.74 Å². The summed E-state index contributed by atoms with van der Waals surface area (Å²) in [4.78, 5) is 22.0. The van der Waals surface area contributed by atoms with Gasteiger partial charge in [-0.25, -0.2) is 9.78 Å². The molecular weight excluding hydrogens is 196 g/mol. The van der Waals surface area contributed by atoms with Crippen LogP contribution in [0, 0.1) is 5.92 Å². The number of fused-ring (bicyclic) bond motifs is 1. The van der Waals surface area contributed by atoms with Gasteiger partial charge in [-0.05, 0) is 13.3 Å². The molecule has 86 valence electrons. The van der Waals surface area contributed by atoms with Crippen molar-refractivity contribution >= 4 is 5.78 Å². The van der Waals surface area contributed by atoms with Crippen molar-refractivity contribution in [3.05, 3.63) is 0 Å². The third kappa shape index (κ3) is 2.07. The third-order valence-corrected chi connectivity index (χ3v) is 3.17. The fourth-order valence-corrected chi connectivity index (χ4v) is 1.97. The Morgan fingerprint density at radius 2 is 2.20 bits per heavy atom. The second kappa shape index (κ2) is 3.85. The summed E-state index contributed by atoms with van der Waals surface area (Å²) in [6, 6.07) is 0. The van der Waals surface area contributed by atoms with Crippen molar-refractivity contribution in [1.82, 2.24) is 0 Å². The molecule has 15 heavy (non-hydrogen) atoms. The number of Topliss-reactive ketones (excluding diaryl/α,β-unsaturated/α-hetero) is 1. The first-order valence-corrected chi connectivity index (χ1v) is 5.53. The van der Waals surface area contributed by atoms with Crippen LogP contribution in [0.1, 0.15) is 40.0 Å². The van der Waals surface area contributed by atoms with Crippen LogP contribution < -0.4 is 0 Å². The van der Waals surface area contributed by atoms with E-state index in [1.54, 1.807) is 0 Å². The first-order chi connectivity index (χ1) is 7.01. The van der Waals surface area contributed by atoms with Gasteiger partial charge in [-0.2, -0.15) is 0 Å². The van der Waals surface area contributed by atoms with Crippen molar-refractivity contribution in [3.63, 3.8) is 0 Å². The first kappa shape index (κ1) is 11.0. The van der Waals surface area contributed by atoms with E-state index >= 15 is 0 Å². The number of carbonyl (C=O) groups is 1. The molecule has 1 saturated heterocycles. The van der Waals surface area contributed by atoms with E-state index in [2.05, 4.69) is 0 Å². The number of carbonyl (C=O) groups excluding carboxylic acids is 1. The molecule has 0 radical (unpaired) electrons. The number of hydrogen-bond acceptors (Lipinski definition) is 4. The van der Waals surface area contributed by atoms with Crippen molar-refractivity contribution in [2.75, 3.05) is 0 Å². The monoisotopic (exact) mass is 214 g/mol. The van der Waals surface area contributed by atoms with Gasteiger partial charge in [0.05, 0.1) is 6.10 Å². The average Bonchev–Trinajstić information content (AvgIpc) is 2.18. The molecule has 2 aliphatic rings. The highest BCUT2D eigenvalue weighted by Crippen LogP contribution is 2.37. The molecule has 0 aromatic carbocycles. The summed E-state index contributed by atoms with van der Waals surface area (Å²) in [6.45, 7) is 5.95. The molecule has 2 rings (SSSR count). The zero-order valence-corrected chi connectivity index (χ0v) is 9.49. The van der Waals surface area contributed by atoms with Crippen molar-refractivity contribution in [2.24, 2.45) is 5.92 Å². The lowest BCUT2D eigenvalue weighted by molar-refractivity contribution is -0.494. The highest BCUT2D eigenvalue weighted by Gasteiger charge is 2.48. The predicted molar refractivity (Wildman–Crippen MR) is 52.9 cm³/mol. The summed E-state index contributed by atoms with van der Waals surface area (Å²) in [5.74, 6) is 0.483. The number of ether oxygens (including phenoxy) is 1. The van der Waals surface area contributed by atoms with Crippen molar-refractivity contribution in [1.29, 1.82) is 0 Å². The normalized spacial score (nSPS) is 41.7. The Morgan fingerprint density at radius 3 is 2.87 bits per heavy atom. The number of hydrogen-bond donors (Lipinski definition) is 0. The molecule has 4 heteroatoms. The van der Waals surface area contributed by atoms with Crippen LogP contribution in [0.2, 0.25) is 0 Å². The van der Waals surface area contributed by atoms with E-state index in [4.69, 9.17) is 14.5 Å². The molecule has 1 aliphatic heterocycles. The minimum Gasteiger partial charge on any atom is -0.343 e. The van der Waals surface area contributed by atoms with Gasteiger partial charge in [0.2, 0.25) is 0 Å². The van der Waals surface area contributed by atoms with Crippen molar-refractivity contribution in [3.8, 4) is 0 Å².